The molecule has 142 valence electrons. The molecule has 1 aromatic carbocycles. The highest BCUT2D eigenvalue weighted by Crippen LogP contribution is 2.22. The van der Waals surface area contributed by atoms with Crippen molar-refractivity contribution in [3.63, 3.8) is 0 Å². The number of nitrogens with zero attached hydrogens (tertiary/aromatic N) is 5. The van der Waals surface area contributed by atoms with Crippen LogP contribution in [0.4, 0.5) is 0 Å². The molecule has 3 aromatic heterocycles. The Morgan fingerprint density at radius 1 is 1.21 bits per heavy atom. The summed E-state index contributed by atoms with van der Waals surface area (Å²) in [4.78, 5) is 20.6. The van der Waals surface area contributed by atoms with Crippen molar-refractivity contribution >= 4 is 28.8 Å². The van der Waals surface area contributed by atoms with E-state index in [9.17, 15) is 4.79 Å². The van der Waals surface area contributed by atoms with E-state index >= 15 is 0 Å². The largest absolute Gasteiger partial charge is 0.467 e. The summed E-state index contributed by atoms with van der Waals surface area (Å²) in [5, 5.41) is 11.9. The molecule has 0 saturated heterocycles. The highest BCUT2D eigenvalue weighted by Gasteiger charge is 2.14. The van der Waals surface area contributed by atoms with Crippen LogP contribution < -0.4 is 5.32 Å². The van der Waals surface area contributed by atoms with Crippen molar-refractivity contribution < 1.29 is 9.21 Å². The first-order chi connectivity index (χ1) is 13.7. The molecule has 0 aliphatic carbocycles. The number of nitrogens with one attached hydrogen (secondary N) is 1. The molecule has 0 unspecified atom stereocenters. The summed E-state index contributed by atoms with van der Waals surface area (Å²) in [7, 11) is 0. The van der Waals surface area contributed by atoms with Crippen LogP contribution in [0.25, 0.3) is 11.2 Å². The number of carbonyl (C=O) groups excluding carboxylic acids is 1. The lowest BCUT2D eigenvalue weighted by Gasteiger charge is -2.04. The van der Waals surface area contributed by atoms with Gasteiger partial charge in [0.25, 0.3) is 0 Å². The zero-order valence-electron chi connectivity index (χ0n) is 15.2. The topological polar surface area (TPSA) is 98.7 Å². The van der Waals surface area contributed by atoms with Gasteiger partial charge in [-0.25, -0.2) is 14.6 Å². The Morgan fingerprint density at radius 3 is 2.86 bits per heavy atom. The van der Waals surface area contributed by atoms with E-state index in [0.29, 0.717) is 35.0 Å². The van der Waals surface area contributed by atoms with Crippen molar-refractivity contribution in [1.29, 1.82) is 0 Å². The zero-order chi connectivity index (χ0) is 19.3. The van der Waals surface area contributed by atoms with Crippen molar-refractivity contribution in [2.45, 2.75) is 25.0 Å². The van der Waals surface area contributed by atoms with Crippen LogP contribution in [0.3, 0.4) is 0 Å². The van der Waals surface area contributed by atoms with E-state index in [4.69, 9.17) is 4.42 Å². The number of aryl methyl sites for hydroxylation is 1. The van der Waals surface area contributed by atoms with E-state index in [-0.39, 0.29) is 11.7 Å². The number of hydrogen-bond acceptors (Lipinski definition) is 7. The second kappa shape index (κ2) is 8.22. The first-order valence-electron chi connectivity index (χ1n) is 8.70. The van der Waals surface area contributed by atoms with Crippen LogP contribution in [0.2, 0.25) is 0 Å². The van der Waals surface area contributed by atoms with Gasteiger partial charge in [0.2, 0.25) is 5.91 Å². The third-order valence-electron chi connectivity index (χ3n) is 4.10. The highest BCUT2D eigenvalue weighted by molar-refractivity contribution is 8.00. The molecule has 0 radical (unpaired) electrons. The predicted octanol–water partition coefficient (Wildman–Crippen LogP) is 2.58. The van der Waals surface area contributed by atoms with Gasteiger partial charge in [-0.05, 0) is 24.6 Å². The van der Waals surface area contributed by atoms with Crippen molar-refractivity contribution in [3.8, 4) is 0 Å². The van der Waals surface area contributed by atoms with Crippen LogP contribution in [0.5, 0.6) is 0 Å². The molecule has 8 nitrogen and oxygen atoms in total. The maximum atomic E-state index is 12.1. The van der Waals surface area contributed by atoms with Crippen molar-refractivity contribution in [1.82, 2.24) is 30.3 Å². The minimum atomic E-state index is -0.111. The quantitative estimate of drug-likeness (QED) is 0.380. The molecule has 0 saturated carbocycles. The standard InChI is InChI=1S/C19H18N6O2S/c1-13-4-6-14(7-5-13)10-25-18-17(23-24-25)19(22-12-21-18)28-11-16(26)20-9-15-3-2-8-27-15/h2-8,12H,9-11H2,1H3,(H,20,26). The van der Waals surface area contributed by atoms with Gasteiger partial charge in [-0.3, -0.25) is 4.79 Å². The van der Waals surface area contributed by atoms with E-state index in [1.165, 1.54) is 23.7 Å². The fourth-order valence-electron chi connectivity index (χ4n) is 2.63. The number of thioether (sulfide) groups is 1. The Hall–Kier alpha value is -3.20. The molecular weight excluding hydrogens is 376 g/mol. The summed E-state index contributed by atoms with van der Waals surface area (Å²) in [6.07, 6.45) is 3.05. The molecule has 0 atom stereocenters. The molecular formula is C19H18N6O2S. The lowest BCUT2D eigenvalue weighted by Crippen LogP contribution is -2.24. The molecule has 0 aliphatic rings. The second-order valence-electron chi connectivity index (χ2n) is 6.23. The van der Waals surface area contributed by atoms with Crippen LogP contribution in [0.15, 0.2) is 58.4 Å². The molecule has 4 rings (SSSR count). The number of fused-ring (bicyclic) bond motifs is 1. The summed E-state index contributed by atoms with van der Waals surface area (Å²) in [6.45, 7) is 2.98. The normalized spacial score (nSPS) is 11.0. The van der Waals surface area contributed by atoms with Gasteiger partial charge < -0.3 is 9.73 Å². The highest BCUT2D eigenvalue weighted by atomic mass is 32.2. The van der Waals surface area contributed by atoms with Crippen LogP contribution in [-0.2, 0) is 17.9 Å². The summed E-state index contributed by atoms with van der Waals surface area (Å²) in [5.74, 6) is 0.819. The van der Waals surface area contributed by atoms with Crippen LogP contribution in [0, 0.1) is 6.92 Å². The number of benzene rings is 1. The van der Waals surface area contributed by atoms with Gasteiger partial charge in [-0.1, -0.05) is 46.8 Å². The third-order valence-corrected chi connectivity index (χ3v) is 5.08. The van der Waals surface area contributed by atoms with Gasteiger partial charge in [0.15, 0.2) is 11.2 Å². The molecule has 0 bridgehead atoms. The monoisotopic (exact) mass is 394 g/mol. The van der Waals surface area contributed by atoms with Gasteiger partial charge in [0, 0.05) is 0 Å². The fraction of sp³-hybridized carbons (Fsp3) is 0.211. The Balaban J connectivity index is 1.42. The first-order valence-corrected chi connectivity index (χ1v) is 9.69. The van der Waals surface area contributed by atoms with Crippen molar-refractivity contribution in [2.24, 2.45) is 0 Å². The van der Waals surface area contributed by atoms with Crippen LogP contribution >= 0.6 is 11.8 Å². The molecule has 0 aliphatic heterocycles. The molecule has 1 amide bonds. The average molecular weight is 394 g/mol. The van der Waals surface area contributed by atoms with Crippen LogP contribution in [0.1, 0.15) is 16.9 Å². The van der Waals surface area contributed by atoms with Gasteiger partial charge >= 0.3 is 0 Å². The summed E-state index contributed by atoms with van der Waals surface area (Å²) in [5.41, 5.74) is 3.56. The number of furan rings is 1. The van der Waals surface area contributed by atoms with E-state index in [2.05, 4.69) is 56.8 Å². The minimum Gasteiger partial charge on any atom is -0.467 e. The van der Waals surface area contributed by atoms with Crippen LogP contribution in [-0.4, -0.2) is 36.6 Å². The molecule has 28 heavy (non-hydrogen) atoms. The predicted molar refractivity (Wildman–Crippen MR) is 105 cm³/mol. The first kappa shape index (κ1) is 18.2. The smallest absolute Gasteiger partial charge is 0.230 e. The Bertz CT molecular complexity index is 1080. The minimum absolute atomic E-state index is 0.111. The number of aromatic nitrogens is 5. The molecule has 0 spiro atoms. The van der Waals surface area contributed by atoms with E-state index < -0.39 is 0 Å². The summed E-state index contributed by atoms with van der Waals surface area (Å²) < 4.78 is 6.94. The van der Waals surface area contributed by atoms with Crippen molar-refractivity contribution in [2.75, 3.05) is 5.75 Å². The SMILES string of the molecule is Cc1ccc(Cn2nnc3c(SCC(=O)NCc4ccco4)ncnc32)cc1. The van der Waals surface area contributed by atoms with Gasteiger partial charge in [-0.15, -0.1) is 5.10 Å². The number of hydrogen-bond donors (Lipinski definition) is 1. The van der Waals surface area contributed by atoms with Gasteiger partial charge in [-0.2, -0.15) is 0 Å². The van der Waals surface area contributed by atoms with E-state index in [0.717, 1.165) is 5.56 Å². The van der Waals surface area contributed by atoms with Gasteiger partial charge in [0.05, 0.1) is 25.1 Å². The number of carbonyl (C=O) groups is 1. The molecule has 3 heterocycles. The van der Waals surface area contributed by atoms with E-state index in [1.54, 1.807) is 17.0 Å². The maximum Gasteiger partial charge on any atom is 0.230 e. The number of rotatable bonds is 7. The maximum absolute atomic E-state index is 12.1. The fourth-order valence-corrected chi connectivity index (χ4v) is 3.39. The molecule has 4 aromatic rings. The lowest BCUT2D eigenvalue weighted by molar-refractivity contribution is -0.118. The molecule has 9 heteroatoms. The molecule has 0 fully saturated rings. The van der Waals surface area contributed by atoms with Gasteiger partial charge in [0.1, 0.15) is 17.1 Å². The average Bonchev–Trinajstić information content (AvgIpc) is 3.37. The lowest BCUT2D eigenvalue weighted by atomic mass is 10.1. The number of amides is 1. The Labute approximate surface area is 165 Å². The zero-order valence-corrected chi connectivity index (χ0v) is 16.0. The Kier molecular flexibility index (Phi) is 5.34. The molecule has 1 N–H and O–H groups in total. The van der Waals surface area contributed by atoms with Crippen molar-refractivity contribution in [3.05, 3.63) is 65.9 Å². The van der Waals surface area contributed by atoms with E-state index in [1.807, 2.05) is 6.07 Å². The summed E-state index contributed by atoms with van der Waals surface area (Å²) >= 11 is 1.31. The summed E-state index contributed by atoms with van der Waals surface area (Å²) in [6, 6.07) is 11.8. The third kappa shape index (κ3) is 4.20. The second-order valence-corrected chi connectivity index (χ2v) is 7.19. The Morgan fingerprint density at radius 2 is 2.07 bits per heavy atom.